The van der Waals surface area contributed by atoms with Gasteiger partial charge in [0.25, 0.3) is 0 Å². The Labute approximate surface area is 158 Å². The van der Waals surface area contributed by atoms with Gasteiger partial charge in [0.2, 0.25) is 0 Å². The average molecular weight is 386 g/mol. The minimum Gasteiger partial charge on any atom is -0.492 e. The quantitative estimate of drug-likeness (QED) is 0.430. The number of nitrogens with zero attached hydrogens (tertiary/aromatic N) is 1. The second kappa shape index (κ2) is 10.7. The highest BCUT2D eigenvalue weighted by atomic mass is 35.5. The number of benzene rings is 1. The van der Waals surface area contributed by atoms with Gasteiger partial charge >= 0.3 is 0 Å². The molecule has 2 rings (SSSR count). The molecule has 0 aliphatic heterocycles. The highest BCUT2D eigenvalue weighted by Gasteiger charge is 2.25. The van der Waals surface area contributed by atoms with Crippen molar-refractivity contribution in [1.29, 1.82) is 0 Å². The van der Waals surface area contributed by atoms with Crippen LogP contribution in [0.4, 0.5) is 0 Å². The largest absolute Gasteiger partial charge is 0.492 e. The Hall–Kier alpha value is -1.27. The number of rotatable bonds is 7. The standard InChI is InChI=1S/C18H28ClN3O2S/c1-3-25(23)17-6-4-5-15(13-17)22-18(20-2)21-11-12-24-16-9-7-14(19)8-10-16/h7-10,15,17H,3-6,11-13H2,1-2H3,(H2,20,21,22). The van der Waals surface area contributed by atoms with E-state index in [4.69, 9.17) is 16.3 Å². The molecule has 3 unspecified atom stereocenters. The van der Waals surface area contributed by atoms with Crippen LogP contribution in [0.15, 0.2) is 29.3 Å². The summed E-state index contributed by atoms with van der Waals surface area (Å²) in [6.45, 7) is 3.18. The first-order valence-corrected chi connectivity index (χ1v) is 10.6. The van der Waals surface area contributed by atoms with Crippen molar-refractivity contribution in [3.8, 4) is 5.75 Å². The van der Waals surface area contributed by atoms with Gasteiger partial charge in [-0.05, 0) is 43.5 Å². The molecule has 1 aliphatic rings. The third-order valence-electron chi connectivity index (χ3n) is 4.32. The van der Waals surface area contributed by atoms with Crippen LogP contribution in [0.1, 0.15) is 32.6 Å². The molecule has 3 atom stereocenters. The molecule has 1 aromatic carbocycles. The van der Waals surface area contributed by atoms with Crippen molar-refractivity contribution < 1.29 is 8.95 Å². The van der Waals surface area contributed by atoms with Gasteiger partial charge in [0, 0.05) is 39.9 Å². The molecule has 0 amide bonds. The molecular weight excluding hydrogens is 358 g/mol. The van der Waals surface area contributed by atoms with Crippen molar-refractivity contribution in [1.82, 2.24) is 10.6 Å². The number of halogens is 1. The van der Waals surface area contributed by atoms with Crippen molar-refractivity contribution in [2.75, 3.05) is 26.0 Å². The molecule has 0 bridgehead atoms. The normalized spacial score (nSPS) is 22.3. The van der Waals surface area contributed by atoms with Gasteiger partial charge in [0.05, 0.1) is 6.54 Å². The van der Waals surface area contributed by atoms with Crippen molar-refractivity contribution in [2.45, 2.75) is 43.9 Å². The number of hydrogen-bond donors (Lipinski definition) is 2. The molecular formula is C18H28ClN3O2S. The second-order valence-electron chi connectivity index (χ2n) is 6.10. The lowest BCUT2D eigenvalue weighted by Crippen LogP contribution is -2.47. The van der Waals surface area contributed by atoms with Crippen LogP contribution in [-0.4, -0.2) is 47.4 Å². The number of nitrogens with one attached hydrogen (secondary N) is 2. The SMILES string of the molecule is CCS(=O)C1CCCC(NC(=NC)NCCOc2ccc(Cl)cc2)C1. The van der Waals surface area contributed by atoms with Gasteiger partial charge in [0.1, 0.15) is 12.4 Å². The fourth-order valence-corrected chi connectivity index (χ4v) is 4.48. The summed E-state index contributed by atoms with van der Waals surface area (Å²) in [5.41, 5.74) is 0. The van der Waals surface area contributed by atoms with Gasteiger partial charge in [-0.1, -0.05) is 24.9 Å². The van der Waals surface area contributed by atoms with E-state index in [1.165, 1.54) is 0 Å². The van der Waals surface area contributed by atoms with Crippen LogP contribution in [0.25, 0.3) is 0 Å². The van der Waals surface area contributed by atoms with Crippen molar-refractivity contribution in [3.63, 3.8) is 0 Å². The summed E-state index contributed by atoms with van der Waals surface area (Å²) in [4.78, 5) is 4.27. The first-order chi connectivity index (χ1) is 12.1. The number of aliphatic imine (C=N–C) groups is 1. The molecule has 140 valence electrons. The predicted octanol–water partition coefficient (Wildman–Crippen LogP) is 2.96. The Morgan fingerprint density at radius 2 is 2.12 bits per heavy atom. The molecule has 7 heteroatoms. The van der Waals surface area contributed by atoms with E-state index in [1.807, 2.05) is 31.2 Å². The van der Waals surface area contributed by atoms with Crippen LogP contribution in [-0.2, 0) is 10.8 Å². The number of hydrogen-bond acceptors (Lipinski definition) is 3. The zero-order chi connectivity index (χ0) is 18.1. The maximum Gasteiger partial charge on any atom is 0.191 e. The van der Waals surface area contributed by atoms with Gasteiger partial charge in [-0.3, -0.25) is 9.20 Å². The van der Waals surface area contributed by atoms with Gasteiger partial charge in [-0.25, -0.2) is 0 Å². The molecule has 5 nitrogen and oxygen atoms in total. The topological polar surface area (TPSA) is 62.7 Å². The van der Waals surface area contributed by atoms with E-state index in [0.29, 0.717) is 29.5 Å². The van der Waals surface area contributed by atoms with Gasteiger partial charge < -0.3 is 15.4 Å². The first-order valence-electron chi connectivity index (χ1n) is 8.85. The van der Waals surface area contributed by atoms with Gasteiger partial charge in [0.15, 0.2) is 5.96 Å². The minimum absolute atomic E-state index is 0.308. The smallest absolute Gasteiger partial charge is 0.191 e. The minimum atomic E-state index is -0.710. The van der Waals surface area contributed by atoms with E-state index in [-0.39, 0.29) is 0 Å². The lowest BCUT2D eigenvalue weighted by atomic mass is 9.95. The van der Waals surface area contributed by atoms with Crippen LogP contribution in [0.3, 0.4) is 0 Å². The van der Waals surface area contributed by atoms with Crippen LogP contribution < -0.4 is 15.4 Å². The summed E-state index contributed by atoms with van der Waals surface area (Å²) in [5.74, 6) is 2.31. The van der Waals surface area contributed by atoms with Crippen LogP contribution in [0.2, 0.25) is 5.02 Å². The third-order valence-corrected chi connectivity index (χ3v) is 6.32. The van der Waals surface area contributed by atoms with E-state index in [9.17, 15) is 4.21 Å². The molecule has 1 aromatic rings. The van der Waals surface area contributed by atoms with E-state index >= 15 is 0 Å². The fraction of sp³-hybridized carbons (Fsp3) is 0.611. The molecule has 0 aromatic heterocycles. The Kier molecular flexibility index (Phi) is 8.55. The zero-order valence-electron chi connectivity index (χ0n) is 15.0. The molecule has 2 N–H and O–H groups in total. The first kappa shape index (κ1) is 20.0. The monoisotopic (exact) mass is 385 g/mol. The van der Waals surface area contributed by atoms with Gasteiger partial charge in [-0.15, -0.1) is 0 Å². The summed E-state index contributed by atoms with van der Waals surface area (Å²) >= 11 is 5.85. The summed E-state index contributed by atoms with van der Waals surface area (Å²) in [5, 5.41) is 7.73. The predicted molar refractivity (Wildman–Crippen MR) is 106 cm³/mol. The van der Waals surface area contributed by atoms with E-state index in [1.54, 1.807) is 7.05 Å². The van der Waals surface area contributed by atoms with Crippen molar-refractivity contribution in [2.24, 2.45) is 4.99 Å². The van der Waals surface area contributed by atoms with E-state index < -0.39 is 10.8 Å². The molecule has 25 heavy (non-hydrogen) atoms. The molecule has 0 heterocycles. The molecule has 0 radical (unpaired) electrons. The summed E-state index contributed by atoms with van der Waals surface area (Å²) in [7, 11) is 1.05. The number of guanidine groups is 1. The summed E-state index contributed by atoms with van der Waals surface area (Å²) in [6.07, 6.45) is 4.23. The molecule has 1 saturated carbocycles. The van der Waals surface area contributed by atoms with E-state index in [2.05, 4.69) is 15.6 Å². The van der Waals surface area contributed by atoms with Crippen LogP contribution >= 0.6 is 11.6 Å². The fourth-order valence-electron chi connectivity index (χ4n) is 3.01. The lowest BCUT2D eigenvalue weighted by molar-refractivity contribution is 0.321. The number of ether oxygens (including phenoxy) is 1. The highest BCUT2D eigenvalue weighted by Crippen LogP contribution is 2.23. The molecule has 0 saturated heterocycles. The lowest BCUT2D eigenvalue weighted by Gasteiger charge is -2.30. The molecule has 0 spiro atoms. The van der Waals surface area contributed by atoms with Gasteiger partial charge in [-0.2, -0.15) is 0 Å². The maximum absolute atomic E-state index is 12.0. The Balaban J connectivity index is 1.71. The summed E-state index contributed by atoms with van der Waals surface area (Å²) < 4.78 is 17.7. The third kappa shape index (κ3) is 6.86. The molecule has 1 fully saturated rings. The Morgan fingerprint density at radius 1 is 1.36 bits per heavy atom. The van der Waals surface area contributed by atoms with Crippen LogP contribution in [0, 0.1) is 0 Å². The average Bonchev–Trinajstić information content (AvgIpc) is 2.65. The van der Waals surface area contributed by atoms with Crippen molar-refractivity contribution >= 4 is 28.4 Å². The Bertz CT molecular complexity index is 580. The highest BCUT2D eigenvalue weighted by molar-refractivity contribution is 7.85. The second-order valence-corrected chi connectivity index (χ2v) is 8.54. The Morgan fingerprint density at radius 3 is 2.80 bits per heavy atom. The van der Waals surface area contributed by atoms with E-state index in [0.717, 1.165) is 43.1 Å². The summed E-state index contributed by atoms with van der Waals surface area (Å²) in [6, 6.07) is 7.66. The maximum atomic E-state index is 12.0. The zero-order valence-corrected chi connectivity index (χ0v) is 16.5. The van der Waals surface area contributed by atoms with Crippen molar-refractivity contribution in [3.05, 3.63) is 29.3 Å². The molecule has 1 aliphatic carbocycles. The van der Waals surface area contributed by atoms with Crippen LogP contribution in [0.5, 0.6) is 5.75 Å².